The summed E-state index contributed by atoms with van der Waals surface area (Å²) >= 11 is -0.177. The zero-order valence-corrected chi connectivity index (χ0v) is 48.2. The summed E-state index contributed by atoms with van der Waals surface area (Å²) in [5.74, 6) is -0.838. The van der Waals surface area contributed by atoms with Gasteiger partial charge in [-0.05, 0) is 18.1 Å². The molecule has 4 rings (SSSR count). The predicted octanol–water partition coefficient (Wildman–Crippen LogP) is 12.1. The molecular formula is C53H82O10SeSi3. The van der Waals surface area contributed by atoms with Gasteiger partial charge in [-0.3, -0.25) is 0 Å². The van der Waals surface area contributed by atoms with Gasteiger partial charge in [-0.25, -0.2) is 0 Å². The monoisotopic (exact) mass is 1040 g/mol. The average molecular weight is 1040 g/mol. The number of carbonyl (C=O) groups excluding carboxylic acids is 2. The molecule has 1 fully saturated rings. The molecule has 1 aliphatic heterocycles. The second kappa shape index (κ2) is 24.7. The maximum atomic E-state index is 14.5. The fourth-order valence-electron chi connectivity index (χ4n) is 7.19. The molecule has 0 spiro atoms. The Hall–Kier alpha value is -3.05. The van der Waals surface area contributed by atoms with E-state index in [9.17, 15) is 9.59 Å². The van der Waals surface area contributed by atoms with Gasteiger partial charge in [0.2, 0.25) is 0 Å². The molecule has 1 heterocycles. The van der Waals surface area contributed by atoms with Crippen LogP contribution in [-0.4, -0.2) is 109 Å². The van der Waals surface area contributed by atoms with Gasteiger partial charge in [-0.2, -0.15) is 0 Å². The van der Waals surface area contributed by atoms with E-state index >= 15 is 0 Å². The molecule has 0 saturated carbocycles. The molecule has 2 unspecified atom stereocenters. The fourth-order valence-corrected chi connectivity index (χ4v) is 12.7. The first-order valence-corrected chi connectivity index (χ1v) is 36.1. The Balaban J connectivity index is 1.80. The normalized spacial score (nSPS) is 18.6. The zero-order chi connectivity index (χ0) is 49.8. The van der Waals surface area contributed by atoms with E-state index in [0.717, 1.165) is 17.7 Å². The van der Waals surface area contributed by atoms with Gasteiger partial charge >= 0.3 is 376 Å². The second-order valence-electron chi connectivity index (χ2n) is 22.2. The van der Waals surface area contributed by atoms with E-state index in [-0.39, 0.29) is 43.6 Å². The zero-order valence-electron chi connectivity index (χ0n) is 43.5. The Morgan fingerprint density at radius 3 is 2.01 bits per heavy atom. The molecule has 14 heteroatoms. The first kappa shape index (κ1) is 56.5. The van der Waals surface area contributed by atoms with Crippen LogP contribution < -0.4 is 13.9 Å². The van der Waals surface area contributed by atoms with Crippen molar-refractivity contribution in [3.8, 4) is 11.5 Å². The summed E-state index contributed by atoms with van der Waals surface area (Å²) in [6.45, 7) is 33.9. The van der Waals surface area contributed by atoms with Gasteiger partial charge in [0.1, 0.15) is 0 Å². The van der Waals surface area contributed by atoms with Crippen molar-refractivity contribution < 1.29 is 47.2 Å². The average Bonchev–Trinajstić information content (AvgIpc) is 3.55. The molecule has 67 heavy (non-hydrogen) atoms. The molecule has 372 valence electrons. The van der Waals surface area contributed by atoms with Crippen molar-refractivity contribution in [1.82, 2.24) is 0 Å². The van der Waals surface area contributed by atoms with Gasteiger partial charge < -0.3 is 0 Å². The van der Waals surface area contributed by atoms with E-state index in [1.807, 2.05) is 62.4 Å². The van der Waals surface area contributed by atoms with Gasteiger partial charge in [0.25, 0.3) is 0 Å². The summed E-state index contributed by atoms with van der Waals surface area (Å²) in [7, 11) is -3.43. The Labute approximate surface area is 412 Å². The van der Waals surface area contributed by atoms with Crippen LogP contribution in [0.3, 0.4) is 0 Å². The molecule has 0 bridgehead atoms. The van der Waals surface area contributed by atoms with E-state index in [1.165, 1.54) is 4.46 Å². The molecule has 3 aromatic rings. The van der Waals surface area contributed by atoms with Crippen molar-refractivity contribution in [3.05, 3.63) is 102 Å². The topological polar surface area (TPSA) is 108 Å². The van der Waals surface area contributed by atoms with Crippen LogP contribution in [-0.2, 0) is 28.1 Å². The molecule has 3 aromatic carbocycles. The number of ether oxygens (including phenoxy) is 7. The third-order valence-electron chi connectivity index (χ3n) is 12.4. The first-order valence-electron chi connectivity index (χ1n) is 24.0. The molecule has 1 aliphatic rings. The third kappa shape index (κ3) is 18.3. The van der Waals surface area contributed by atoms with Crippen LogP contribution in [0.5, 0.6) is 11.5 Å². The summed E-state index contributed by atoms with van der Waals surface area (Å²) in [6, 6.07) is 25.0. The summed E-state index contributed by atoms with van der Waals surface area (Å²) in [5.41, 5.74) is 1.63. The van der Waals surface area contributed by atoms with Crippen molar-refractivity contribution in [2.45, 2.75) is 166 Å². The Bertz CT molecular complexity index is 2040. The molecule has 1 saturated heterocycles. The quantitative estimate of drug-likeness (QED) is 0.0352. The fraction of sp³-hybridized carbons (Fsp3) is 0.585. The van der Waals surface area contributed by atoms with Gasteiger partial charge in [0.15, 0.2) is 0 Å². The Morgan fingerprint density at radius 1 is 0.806 bits per heavy atom. The van der Waals surface area contributed by atoms with Crippen LogP contribution >= 0.6 is 0 Å². The summed E-state index contributed by atoms with van der Waals surface area (Å²) in [5, 5.41) is 0.0567. The minimum atomic E-state index is -2.06. The number of benzene rings is 3. The molecule has 10 nitrogen and oxygen atoms in total. The molecule has 0 aliphatic carbocycles. The van der Waals surface area contributed by atoms with Crippen LogP contribution in [0.15, 0.2) is 84.9 Å². The van der Waals surface area contributed by atoms with E-state index < -0.39 is 60.5 Å². The number of esters is 2. The van der Waals surface area contributed by atoms with Crippen LogP contribution in [0, 0.1) is 5.92 Å². The summed E-state index contributed by atoms with van der Waals surface area (Å²) in [6.07, 6.45) is 3.20. The summed E-state index contributed by atoms with van der Waals surface area (Å²) < 4.78 is 52.1. The SMILES string of the molecule is COCOc1cc(OCC[Si](C)(C)C)cc(C(CC[C@H]2OC(C)(C)O[C@@H]2C(/C=C\[C@@H](C)[C@H](C)O[Si](C)(C)C(C)(C)C)OC(=O)c2ccccc2)[Se]c2ccccc2)c1C(=O)OCC[Si](C)(C)C. The van der Waals surface area contributed by atoms with Gasteiger partial charge in [0.05, 0.1) is 0 Å². The standard InChI is InChI=1S/C53H82O10SeSi3/c1-38(39(2)63-67(15,16)52(3,4)5)27-28-44(60-50(54)40-23-19-17-20-24-40)49-45(61-53(6,7)62-49)29-30-47(64-42-25-21-18-22-26-42)43-35-41(57-31-33-65(9,10)11)36-46(59-37-56-8)48(43)51(55)58-32-34-66(12,13)14/h17-28,35-36,38-39,44-45,47,49H,29-34,37H2,1-16H3/b28-27-/t38-,39+,44?,45-,47?,49-/m1/s1. The molecule has 0 radical (unpaired) electrons. The van der Waals surface area contributed by atoms with Gasteiger partial charge in [0, 0.05) is 0 Å². The second-order valence-corrected chi connectivity index (χ2v) is 40.9. The molecule has 6 atom stereocenters. The van der Waals surface area contributed by atoms with Crippen LogP contribution in [0.25, 0.3) is 0 Å². The van der Waals surface area contributed by atoms with Crippen molar-refractivity contribution in [2.24, 2.45) is 5.92 Å². The van der Waals surface area contributed by atoms with Crippen molar-refractivity contribution in [3.63, 3.8) is 0 Å². The number of hydrogen-bond acceptors (Lipinski definition) is 10. The summed E-state index contributed by atoms with van der Waals surface area (Å²) in [4.78, 5) is 28.2. The van der Waals surface area contributed by atoms with E-state index in [2.05, 4.69) is 105 Å². The molecule has 0 aromatic heterocycles. The van der Waals surface area contributed by atoms with Crippen LogP contribution in [0.1, 0.15) is 92.4 Å². The number of hydrogen-bond donors (Lipinski definition) is 0. The van der Waals surface area contributed by atoms with E-state index in [1.54, 1.807) is 25.3 Å². The Kier molecular flexibility index (Phi) is 20.8. The van der Waals surface area contributed by atoms with Crippen LogP contribution in [0.2, 0.25) is 69.5 Å². The van der Waals surface area contributed by atoms with E-state index in [4.69, 9.17) is 37.6 Å². The van der Waals surface area contributed by atoms with Gasteiger partial charge in [-0.15, -0.1) is 0 Å². The van der Waals surface area contributed by atoms with Crippen LogP contribution in [0.4, 0.5) is 0 Å². The minimum absolute atomic E-state index is 0.0115. The van der Waals surface area contributed by atoms with Crippen molar-refractivity contribution >= 4 is 55.8 Å². The third-order valence-corrected chi connectivity index (χ3v) is 23.1. The van der Waals surface area contributed by atoms with Gasteiger partial charge in [-0.1, -0.05) is 20.8 Å². The predicted molar refractivity (Wildman–Crippen MR) is 280 cm³/mol. The number of rotatable bonds is 25. The number of carbonyl (C=O) groups is 2. The maximum absolute atomic E-state index is 14.5. The molecule has 0 N–H and O–H groups in total. The van der Waals surface area contributed by atoms with Crippen molar-refractivity contribution in [1.29, 1.82) is 0 Å². The molecular weight excluding hydrogens is 960 g/mol. The Morgan fingerprint density at radius 2 is 1.42 bits per heavy atom. The first-order chi connectivity index (χ1) is 31.2. The van der Waals surface area contributed by atoms with Crippen molar-refractivity contribution in [2.75, 3.05) is 27.1 Å². The molecule has 0 amide bonds. The number of methoxy groups -OCH3 is 1. The van der Waals surface area contributed by atoms with E-state index in [0.29, 0.717) is 48.7 Å².